The number of allylic oxidation sites excluding steroid dienone is 2. The fraction of sp³-hybridized carbons (Fsp3) is 0.375. The SMILES string of the molecule is C/C=C/Cn1cc[n+](C)c1.[N-]=[N+]=[N-]. The third kappa shape index (κ3) is 5.52. The molecule has 0 bridgehead atoms. The molecule has 0 atom stereocenters. The summed E-state index contributed by atoms with van der Waals surface area (Å²) in [7, 11) is 2.02. The molecule has 0 amide bonds. The van der Waals surface area contributed by atoms with Crippen molar-refractivity contribution in [2.24, 2.45) is 7.05 Å². The summed E-state index contributed by atoms with van der Waals surface area (Å²) in [6.07, 6.45) is 10.3. The molecule has 5 heteroatoms. The van der Waals surface area contributed by atoms with E-state index in [0.29, 0.717) is 0 Å². The Bertz CT molecular complexity index is 293. The second-order valence-corrected chi connectivity index (χ2v) is 2.43. The van der Waals surface area contributed by atoms with Crippen molar-refractivity contribution in [1.29, 1.82) is 0 Å². The molecule has 70 valence electrons. The van der Waals surface area contributed by atoms with Gasteiger partial charge in [-0.15, -0.1) is 0 Å². The Kier molecular flexibility index (Phi) is 6.01. The van der Waals surface area contributed by atoms with Crippen LogP contribution >= 0.6 is 0 Å². The summed E-state index contributed by atoms with van der Waals surface area (Å²) < 4.78 is 4.16. The molecule has 1 aromatic heterocycles. The van der Waals surface area contributed by atoms with Gasteiger partial charge in [-0.1, -0.05) is 6.08 Å². The molecule has 0 spiro atoms. The Balaban J connectivity index is 0.000000424. The standard InChI is InChI=1S/C8H13N2.N3/c1-3-4-5-10-7-6-9(2)8-10;1-3-2/h3-4,6-8H,5H2,1-2H3;/q+1;-1/b4-3+;. The van der Waals surface area contributed by atoms with Crippen LogP contribution in [0, 0.1) is 0 Å². The van der Waals surface area contributed by atoms with Crippen molar-refractivity contribution in [1.82, 2.24) is 4.57 Å². The first-order valence-corrected chi connectivity index (χ1v) is 3.85. The minimum absolute atomic E-state index is 0.970. The van der Waals surface area contributed by atoms with E-state index >= 15 is 0 Å². The molecule has 0 aliphatic carbocycles. The molecule has 0 radical (unpaired) electrons. The van der Waals surface area contributed by atoms with Gasteiger partial charge in [-0.05, 0) is 13.0 Å². The summed E-state index contributed by atoms with van der Waals surface area (Å²) >= 11 is 0. The van der Waals surface area contributed by atoms with Gasteiger partial charge in [-0.2, -0.15) is 0 Å². The lowest BCUT2D eigenvalue weighted by molar-refractivity contribution is -0.671. The van der Waals surface area contributed by atoms with Crippen molar-refractivity contribution in [3.05, 3.63) is 46.8 Å². The highest BCUT2D eigenvalue weighted by molar-refractivity contribution is 4.79. The summed E-state index contributed by atoms with van der Waals surface area (Å²) in [6.45, 7) is 3.00. The average molecular weight is 179 g/mol. The summed E-state index contributed by atoms with van der Waals surface area (Å²) in [5.74, 6) is 0. The van der Waals surface area contributed by atoms with Crippen LogP contribution in [0.15, 0.2) is 30.9 Å². The van der Waals surface area contributed by atoms with E-state index in [4.69, 9.17) is 11.1 Å². The van der Waals surface area contributed by atoms with Crippen molar-refractivity contribution in [3.63, 3.8) is 0 Å². The second kappa shape index (κ2) is 6.94. The van der Waals surface area contributed by atoms with Gasteiger partial charge in [0.05, 0.1) is 7.05 Å². The molecular formula is C8H13N5. The topological polar surface area (TPSA) is 67.5 Å². The van der Waals surface area contributed by atoms with Crippen LogP contribution in [0.3, 0.4) is 0 Å². The number of hydrogen-bond acceptors (Lipinski definition) is 0. The van der Waals surface area contributed by atoms with E-state index < -0.39 is 0 Å². The van der Waals surface area contributed by atoms with Crippen molar-refractivity contribution in [3.8, 4) is 0 Å². The number of nitrogens with zero attached hydrogens (tertiary/aromatic N) is 5. The van der Waals surface area contributed by atoms with E-state index in [0.717, 1.165) is 6.54 Å². The highest BCUT2D eigenvalue weighted by Gasteiger charge is 1.94. The first-order valence-electron chi connectivity index (χ1n) is 3.85. The third-order valence-electron chi connectivity index (χ3n) is 1.38. The zero-order valence-corrected chi connectivity index (χ0v) is 7.83. The van der Waals surface area contributed by atoms with Gasteiger partial charge in [0, 0.05) is 0 Å². The van der Waals surface area contributed by atoms with Crippen LogP contribution in [-0.2, 0) is 13.6 Å². The maximum atomic E-state index is 6.75. The molecule has 0 fully saturated rings. The molecule has 5 nitrogen and oxygen atoms in total. The van der Waals surface area contributed by atoms with Crippen LogP contribution in [-0.4, -0.2) is 4.57 Å². The van der Waals surface area contributed by atoms with Gasteiger partial charge >= 0.3 is 0 Å². The number of rotatable bonds is 2. The lowest BCUT2D eigenvalue weighted by Gasteiger charge is -1.84. The Morgan fingerprint density at radius 1 is 1.54 bits per heavy atom. The van der Waals surface area contributed by atoms with E-state index in [1.54, 1.807) is 0 Å². The monoisotopic (exact) mass is 179 g/mol. The first kappa shape index (κ1) is 11.3. The Morgan fingerprint density at radius 3 is 2.54 bits per heavy atom. The molecule has 0 saturated heterocycles. The van der Waals surface area contributed by atoms with E-state index in [2.05, 4.69) is 29.2 Å². The van der Waals surface area contributed by atoms with Crippen molar-refractivity contribution in [2.75, 3.05) is 0 Å². The number of aryl methyl sites for hydroxylation is 1. The van der Waals surface area contributed by atoms with Gasteiger partial charge in [-0.3, -0.25) is 4.91 Å². The van der Waals surface area contributed by atoms with Crippen LogP contribution in [0.5, 0.6) is 0 Å². The Labute approximate surface area is 77.3 Å². The molecule has 0 aromatic carbocycles. The summed E-state index contributed by atoms with van der Waals surface area (Å²) in [5, 5.41) is 0. The minimum atomic E-state index is 0.970. The van der Waals surface area contributed by atoms with Gasteiger partial charge in [0.25, 0.3) is 0 Å². The zero-order valence-electron chi connectivity index (χ0n) is 7.83. The number of aromatic nitrogens is 2. The van der Waals surface area contributed by atoms with E-state index in [9.17, 15) is 0 Å². The predicted octanol–water partition coefficient (Wildman–Crippen LogP) is 1.75. The zero-order chi connectivity index (χ0) is 10.1. The van der Waals surface area contributed by atoms with Gasteiger partial charge in [0.15, 0.2) is 0 Å². The highest BCUT2D eigenvalue weighted by Crippen LogP contribution is 1.83. The molecule has 0 N–H and O–H groups in total. The van der Waals surface area contributed by atoms with Gasteiger partial charge < -0.3 is 11.1 Å². The molecule has 13 heavy (non-hydrogen) atoms. The number of hydrogen-bond donors (Lipinski definition) is 0. The molecule has 1 aromatic rings. The van der Waals surface area contributed by atoms with Crippen LogP contribution < -0.4 is 4.57 Å². The quantitative estimate of drug-likeness (QED) is 0.218. The van der Waals surface area contributed by atoms with E-state index in [1.165, 1.54) is 4.91 Å². The normalized spacial score (nSPS) is 9.08. The maximum absolute atomic E-state index is 6.75. The molecule has 0 unspecified atom stereocenters. The van der Waals surface area contributed by atoms with Crippen molar-refractivity contribution >= 4 is 0 Å². The highest BCUT2D eigenvalue weighted by atomic mass is 15.1. The smallest absolute Gasteiger partial charge is 0.243 e. The molecule has 1 heterocycles. The second-order valence-electron chi connectivity index (χ2n) is 2.43. The van der Waals surface area contributed by atoms with Crippen LogP contribution in [0.2, 0.25) is 0 Å². The largest absolute Gasteiger partial charge is 0.373 e. The Hall–Kier alpha value is -1.74. The fourth-order valence-electron chi connectivity index (χ4n) is 0.837. The predicted molar refractivity (Wildman–Crippen MR) is 50.5 cm³/mol. The first-order chi connectivity index (χ1) is 6.24. The Morgan fingerprint density at radius 2 is 2.15 bits per heavy atom. The van der Waals surface area contributed by atoms with Gasteiger partial charge in [-0.25, -0.2) is 9.13 Å². The molecular weight excluding hydrogens is 166 g/mol. The van der Waals surface area contributed by atoms with Crippen LogP contribution in [0.25, 0.3) is 16.0 Å². The van der Waals surface area contributed by atoms with Crippen LogP contribution in [0.1, 0.15) is 6.92 Å². The minimum Gasteiger partial charge on any atom is -0.373 e. The van der Waals surface area contributed by atoms with Gasteiger partial charge in [0.1, 0.15) is 18.9 Å². The average Bonchev–Trinajstić information content (AvgIpc) is 2.49. The number of imidazole rings is 1. The van der Waals surface area contributed by atoms with Crippen LogP contribution in [0.4, 0.5) is 0 Å². The molecule has 0 aliphatic rings. The lowest BCUT2D eigenvalue weighted by Crippen LogP contribution is -2.23. The molecule has 0 saturated carbocycles. The third-order valence-corrected chi connectivity index (χ3v) is 1.38. The fourth-order valence-corrected chi connectivity index (χ4v) is 0.837. The molecule has 0 aliphatic heterocycles. The maximum Gasteiger partial charge on any atom is 0.243 e. The van der Waals surface area contributed by atoms with Crippen molar-refractivity contribution in [2.45, 2.75) is 13.5 Å². The summed E-state index contributed by atoms with van der Waals surface area (Å²) in [6, 6.07) is 0. The molecule has 1 rings (SSSR count). The van der Waals surface area contributed by atoms with E-state index in [-0.39, 0.29) is 0 Å². The summed E-state index contributed by atoms with van der Waals surface area (Å²) in [5.41, 5.74) is 13.5. The lowest BCUT2D eigenvalue weighted by atomic mass is 10.5. The summed E-state index contributed by atoms with van der Waals surface area (Å²) in [4.78, 5) is 1.50. The van der Waals surface area contributed by atoms with Crippen molar-refractivity contribution < 1.29 is 4.57 Å². The van der Waals surface area contributed by atoms with E-state index in [1.807, 2.05) is 24.7 Å². The van der Waals surface area contributed by atoms with Gasteiger partial charge in [0.2, 0.25) is 6.33 Å².